The fourth-order valence-electron chi connectivity index (χ4n) is 1.84. The zero-order chi connectivity index (χ0) is 13.8. The zero-order valence-corrected chi connectivity index (χ0v) is 12.0. The molecule has 1 heterocycles. The number of thiophene rings is 1. The summed E-state index contributed by atoms with van der Waals surface area (Å²) in [6.07, 6.45) is 1.53. The molecule has 1 rings (SSSR count). The van der Waals surface area contributed by atoms with Gasteiger partial charge in [0.1, 0.15) is 4.21 Å². The highest BCUT2D eigenvalue weighted by molar-refractivity contribution is 7.91. The Morgan fingerprint density at radius 1 is 1.39 bits per heavy atom. The fourth-order valence-corrected chi connectivity index (χ4v) is 4.16. The number of hydrogen-bond acceptors (Lipinski definition) is 4. The molecule has 0 aliphatic carbocycles. The summed E-state index contributed by atoms with van der Waals surface area (Å²) in [5.41, 5.74) is 0. The van der Waals surface area contributed by atoms with Crippen LogP contribution in [0.4, 0.5) is 4.39 Å². The van der Waals surface area contributed by atoms with Crippen molar-refractivity contribution in [3.8, 4) is 0 Å². The highest BCUT2D eigenvalue weighted by Gasteiger charge is 2.25. The number of aliphatic hydroxyl groups excluding tert-OH is 1. The fraction of sp³-hybridized carbons (Fsp3) is 0.636. The van der Waals surface area contributed by atoms with E-state index in [9.17, 15) is 17.9 Å². The summed E-state index contributed by atoms with van der Waals surface area (Å²) in [5.74, 6) is 0.0644. The molecule has 1 atom stereocenters. The maximum atomic E-state index is 12.8. The topological polar surface area (TPSA) is 66.4 Å². The van der Waals surface area contributed by atoms with Gasteiger partial charge in [-0.2, -0.15) is 4.39 Å². The first kappa shape index (κ1) is 15.6. The van der Waals surface area contributed by atoms with Gasteiger partial charge in [0.25, 0.3) is 0 Å². The molecule has 18 heavy (non-hydrogen) atoms. The van der Waals surface area contributed by atoms with Crippen LogP contribution in [0.15, 0.2) is 16.3 Å². The van der Waals surface area contributed by atoms with E-state index in [1.165, 1.54) is 6.07 Å². The molecule has 0 aromatic carbocycles. The molecule has 0 amide bonds. The van der Waals surface area contributed by atoms with E-state index < -0.39 is 21.2 Å². The Bertz CT molecular complexity index is 468. The molecule has 0 unspecified atom stereocenters. The molecule has 0 fully saturated rings. The number of sulfonamides is 1. The van der Waals surface area contributed by atoms with Gasteiger partial charge in [-0.1, -0.05) is 38.0 Å². The van der Waals surface area contributed by atoms with E-state index in [2.05, 4.69) is 4.72 Å². The predicted octanol–water partition coefficient (Wildman–Crippen LogP) is 1.96. The molecular formula is C11H18FNO3S2. The summed E-state index contributed by atoms with van der Waals surface area (Å²) in [6, 6.07) is 1.81. The van der Waals surface area contributed by atoms with E-state index in [-0.39, 0.29) is 16.7 Å². The van der Waals surface area contributed by atoms with Crippen LogP contribution in [0, 0.1) is 11.0 Å². The molecule has 0 spiro atoms. The third-order valence-corrected chi connectivity index (χ3v) is 5.79. The molecule has 0 bridgehead atoms. The van der Waals surface area contributed by atoms with Crippen LogP contribution in [0.2, 0.25) is 0 Å². The molecule has 0 saturated heterocycles. The van der Waals surface area contributed by atoms with Gasteiger partial charge in [0.2, 0.25) is 10.0 Å². The number of nitrogens with one attached hydrogen (secondary N) is 1. The van der Waals surface area contributed by atoms with Gasteiger partial charge in [0, 0.05) is 6.04 Å². The number of rotatable bonds is 7. The van der Waals surface area contributed by atoms with Crippen molar-refractivity contribution in [3.63, 3.8) is 0 Å². The van der Waals surface area contributed by atoms with Gasteiger partial charge in [-0.05, 0) is 18.1 Å². The minimum Gasteiger partial charge on any atom is -0.395 e. The van der Waals surface area contributed by atoms with Crippen LogP contribution < -0.4 is 4.72 Å². The van der Waals surface area contributed by atoms with Crippen LogP contribution >= 0.6 is 11.3 Å². The normalized spacial score (nSPS) is 14.1. The van der Waals surface area contributed by atoms with Gasteiger partial charge >= 0.3 is 0 Å². The van der Waals surface area contributed by atoms with Gasteiger partial charge in [0.05, 0.1) is 6.61 Å². The van der Waals surface area contributed by atoms with Crippen molar-refractivity contribution in [2.24, 2.45) is 5.92 Å². The molecule has 7 heteroatoms. The predicted molar refractivity (Wildman–Crippen MR) is 69.5 cm³/mol. The molecule has 0 aliphatic heterocycles. The lowest BCUT2D eigenvalue weighted by Crippen LogP contribution is -2.42. The van der Waals surface area contributed by atoms with Crippen molar-refractivity contribution in [2.75, 3.05) is 6.61 Å². The second kappa shape index (κ2) is 6.60. The first-order valence-electron chi connectivity index (χ1n) is 5.83. The van der Waals surface area contributed by atoms with Crippen LogP contribution in [-0.2, 0) is 10.0 Å². The standard InChI is InChI=1S/C11H18FNO3S2/c1-3-8(4-2)9(7-14)13-18(15,16)11-6-5-10(12)17-11/h5-6,8-9,13-14H,3-4,7H2,1-2H3/t9-/m1/s1. The van der Waals surface area contributed by atoms with Gasteiger partial charge < -0.3 is 5.11 Å². The molecule has 1 aromatic rings. The highest BCUT2D eigenvalue weighted by Crippen LogP contribution is 2.22. The van der Waals surface area contributed by atoms with Gasteiger partial charge in [-0.3, -0.25) is 0 Å². The Morgan fingerprint density at radius 3 is 2.39 bits per heavy atom. The first-order chi connectivity index (χ1) is 8.44. The van der Waals surface area contributed by atoms with E-state index in [1.54, 1.807) is 0 Å². The molecule has 2 N–H and O–H groups in total. The molecule has 104 valence electrons. The van der Waals surface area contributed by atoms with E-state index in [0.29, 0.717) is 11.3 Å². The summed E-state index contributed by atoms with van der Waals surface area (Å²) in [4.78, 5) is 0. The first-order valence-corrected chi connectivity index (χ1v) is 8.13. The summed E-state index contributed by atoms with van der Waals surface area (Å²) in [7, 11) is -3.75. The third kappa shape index (κ3) is 3.74. The molecule has 0 saturated carbocycles. The van der Waals surface area contributed by atoms with Crippen molar-refractivity contribution >= 4 is 21.4 Å². The van der Waals surface area contributed by atoms with Crippen LogP contribution in [0.3, 0.4) is 0 Å². The van der Waals surface area contributed by atoms with E-state index in [1.807, 2.05) is 13.8 Å². The summed E-state index contributed by atoms with van der Waals surface area (Å²) in [6.45, 7) is 3.62. The maximum Gasteiger partial charge on any atom is 0.250 e. The molecule has 1 aromatic heterocycles. The number of hydrogen-bond donors (Lipinski definition) is 2. The lowest BCUT2D eigenvalue weighted by atomic mass is 9.96. The Labute approximate surface area is 111 Å². The summed E-state index contributed by atoms with van der Waals surface area (Å²) in [5, 5.41) is 8.73. The summed E-state index contributed by atoms with van der Waals surface area (Å²) < 4.78 is 39.2. The van der Waals surface area contributed by atoms with Gasteiger partial charge in [0.15, 0.2) is 5.13 Å². The minimum atomic E-state index is -3.75. The Balaban J connectivity index is 2.87. The average Bonchev–Trinajstić information content (AvgIpc) is 2.76. The Hall–Kier alpha value is -0.500. The molecule has 0 aliphatic rings. The van der Waals surface area contributed by atoms with E-state index in [0.717, 1.165) is 18.9 Å². The van der Waals surface area contributed by atoms with Crippen LogP contribution in [-0.4, -0.2) is 26.2 Å². The van der Waals surface area contributed by atoms with Gasteiger partial charge in [-0.15, -0.1) is 0 Å². The van der Waals surface area contributed by atoms with Crippen LogP contribution in [0.5, 0.6) is 0 Å². The smallest absolute Gasteiger partial charge is 0.250 e. The Kier molecular flexibility index (Phi) is 5.71. The maximum absolute atomic E-state index is 12.8. The van der Waals surface area contributed by atoms with Crippen LogP contribution in [0.1, 0.15) is 26.7 Å². The second-order valence-electron chi connectivity index (χ2n) is 4.05. The number of halogens is 1. The monoisotopic (exact) mass is 295 g/mol. The van der Waals surface area contributed by atoms with Crippen molar-refractivity contribution in [2.45, 2.75) is 36.9 Å². The van der Waals surface area contributed by atoms with Crippen LogP contribution in [0.25, 0.3) is 0 Å². The van der Waals surface area contributed by atoms with E-state index in [4.69, 9.17) is 0 Å². The average molecular weight is 295 g/mol. The largest absolute Gasteiger partial charge is 0.395 e. The van der Waals surface area contributed by atoms with Gasteiger partial charge in [-0.25, -0.2) is 13.1 Å². The van der Waals surface area contributed by atoms with Crippen molar-refractivity contribution < 1.29 is 17.9 Å². The van der Waals surface area contributed by atoms with Crippen molar-refractivity contribution in [1.29, 1.82) is 0 Å². The van der Waals surface area contributed by atoms with E-state index >= 15 is 0 Å². The van der Waals surface area contributed by atoms with Crippen molar-refractivity contribution in [3.05, 3.63) is 17.3 Å². The lowest BCUT2D eigenvalue weighted by molar-refractivity contribution is 0.209. The number of aliphatic hydroxyl groups is 1. The minimum absolute atomic E-state index is 0.0644. The highest BCUT2D eigenvalue weighted by atomic mass is 32.2. The van der Waals surface area contributed by atoms with Crippen molar-refractivity contribution in [1.82, 2.24) is 4.72 Å². The third-order valence-electron chi connectivity index (χ3n) is 2.93. The molecule has 4 nitrogen and oxygen atoms in total. The Morgan fingerprint density at radius 2 is 2.00 bits per heavy atom. The lowest BCUT2D eigenvalue weighted by Gasteiger charge is -2.23. The molecular weight excluding hydrogens is 277 g/mol. The second-order valence-corrected chi connectivity index (χ2v) is 7.02. The zero-order valence-electron chi connectivity index (χ0n) is 10.4. The summed E-state index contributed by atoms with van der Waals surface area (Å²) >= 11 is 0.575. The molecule has 0 radical (unpaired) electrons. The SMILES string of the molecule is CCC(CC)[C@@H](CO)NS(=O)(=O)c1ccc(F)s1. The quantitative estimate of drug-likeness (QED) is 0.808.